The van der Waals surface area contributed by atoms with Crippen LogP contribution in [0.5, 0.6) is 0 Å². The highest BCUT2D eigenvalue weighted by Gasteiger charge is 2.52. The molecule has 2 heterocycles. The van der Waals surface area contributed by atoms with Gasteiger partial charge in [-0.3, -0.25) is 0 Å². The van der Waals surface area contributed by atoms with E-state index in [4.69, 9.17) is 11.6 Å². The summed E-state index contributed by atoms with van der Waals surface area (Å²) in [7, 11) is 0. The van der Waals surface area contributed by atoms with E-state index in [0.717, 1.165) is 32.1 Å². The molecule has 0 radical (unpaired) electrons. The normalized spacial score (nSPS) is 27.5. The van der Waals surface area contributed by atoms with Gasteiger partial charge in [0.05, 0.1) is 0 Å². The van der Waals surface area contributed by atoms with Gasteiger partial charge in [-0.2, -0.15) is 13.2 Å². The number of nitrogens with zero attached hydrogens (tertiary/aromatic N) is 3. The van der Waals surface area contributed by atoms with Crippen molar-refractivity contribution in [3.63, 3.8) is 0 Å². The molecule has 24 heavy (non-hydrogen) atoms. The van der Waals surface area contributed by atoms with E-state index in [-0.39, 0.29) is 17.4 Å². The molecule has 1 unspecified atom stereocenters. The average molecular weight is 366 g/mol. The summed E-state index contributed by atoms with van der Waals surface area (Å²) >= 11 is 5.76. The molecule has 8 heteroatoms. The quantitative estimate of drug-likeness (QED) is 0.516. The Balaban J connectivity index is 1.92. The summed E-state index contributed by atoms with van der Waals surface area (Å²) in [4.78, 5) is 8.63. The zero-order chi connectivity index (χ0) is 17.6. The summed E-state index contributed by atoms with van der Waals surface area (Å²) in [5.74, 6) is -1.13. The second-order valence-corrected chi connectivity index (χ2v) is 7.47. The molecule has 0 N–H and O–H groups in total. The van der Waals surface area contributed by atoms with E-state index in [0.29, 0.717) is 13.1 Å². The number of aromatic nitrogens is 2. The predicted molar refractivity (Wildman–Crippen MR) is 83.9 cm³/mol. The summed E-state index contributed by atoms with van der Waals surface area (Å²) in [6, 6.07) is 1.33. The van der Waals surface area contributed by atoms with Crippen LogP contribution in [-0.4, -0.2) is 28.7 Å². The van der Waals surface area contributed by atoms with Crippen LogP contribution in [-0.2, 0) is 6.18 Å². The molecule has 134 valence electrons. The summed E-state index contributed by atoms with van der Waals surface area (Å²) in [6.45, 7) is 2.31. The zero-order valence-electron chi connectivity index (χ0n) is 13.5. The maximum Gasteiger partial charge on any atom is 0.451 e. The molecule has 2 aliphatic rings. The van der Waals surface area contributed by atoms with Crippen LogP contribution in [0, 0.1) is 5.41 Å². The maximum absolute atomic E-state index is 15.2. The number of hydrogen-bond donors (Lipinski definition) is 0. The van der Waals surface area contributed by atoms with Crippen molar-refractivity contribution in [2.75, 3.05) is 18.0 Å². The summed E-state index contributed by atoms with van der Waals surface area (Å²) in [5.41, 5.74) is -1.84. The van der Waals surface area contributed by atoms with Crippen molar-refractivity contribution >= 4 is 17.4 Å². The van der Waals surface area contributed by atoms with Gasteiger partial charge in [-0.15, -0.1) is 0 Å². The number of anilines is 1. The Labute approximate surface area is 143 Å². The van der Waals surface area contributed by atoms with Crippen molar-refractivity contribution in [3.05, 3.63) is 17.0 Å². The van der Waals surface area contributed by atoms with Crippen LogP contribution in [0.3, 0.4) is 0 Å². The minimum Gasteiger partial charge on any atom is -0.356 e. The first kappa shape index (κ1) is 17.7. The van der Waals surface area contributed by atoms with Gasteiger partial charge in [0.15, 0.2) is 0 Å². The Kier molecular flexibility index (Phi) is 4.43. The number of alkyl halides is 4. The molecule has 1 saturated carbocycles. The second-order valence-electron chi connectivity index (χ2n) is 7.08. The van der Waals surface area contributed by atoms with E-state index in [9.17, 15) is 13.2 Å². The number of hydrogen-bond acceptors (Lipinski definition) is 3. The third-order valence-corrected chi connectivity index (χ3v) is 5.71. The summed E-state index contributed by atoms with van der Waals surface area (Å²) < 4.78 is 54.0. The number of halogens is 5. The van der Waals surface area contributed by atoms with Gasteiger partial charge in [0.25, 0.3) is 0 Å². The standard InChI is InChI=1S/C16H20ClF4N3/c1-14(18)7-8-24(10-15(14)5-3-2-4-6-15)12-9-11(17)22-13(23-12)16(19,20)21/h9H,2-8,10H2,1H3. The average Bonchev–Trinajstić information content (AvgIpc) is 2.50. The van der Waals surface area contributed by atoms with E-state index in [1.165, 1.54) is 6.07 Å². The Morgan fingerprint density at radius 2 is 1.79 bits per heavy atom. The minimum atomic E-state index is -4.66. The molecule has 1 aromatic rings. The Morgan fingerprint density at radius 3 is 2.42 bits per heavy atom. The van der Waals surface area contributed by atoms with Crippen molar-refractivity contribution in [2.45, 2.75) is 57.3 Å². The Morgan fingerprint density at radius 1 is 1.12 bits per heavy atom. The van der Waals surface area contributed by atoms with Crippen LogP contribution < -0.4 is 4.90 Å². The molecule has 3 rings (SSSR count). The first-order valence-corrected chi connectivity index (χ1v) is 8.56. The monoisotopic (exact) mass is 365 g/mol. The number of piperidine rings is 1. The lowest BCUT2D eigenvalue weighted by Crippen LogP contribution is -2.57. The van der Waals surface area contributed by atoms with Gasteiger partial charge in [0, 0.05) is 24.6 Å². The summed E-state index contributed by atoms with van der Waals surface area (Å²) in [5, 5.41) is -0.251. The van der Waals surface area contributed by atoms with E-state index < -0.39 is 23.1 Å². The third kappa shape index (κ3) is 3.19. The van der Waals surface area contributed by atoms with E-state index in [2.05, 4.69) is 9.97 Å². The van der Waals surface area contributed by atoms with Crippen LogP contribution in [0.4, 0.5) is 23.4 Å². The fraction of sp³-hybridized carbons (Fsp3) is 0.750. The highest BCUT2D eigenvalue weighted by molar-refractivity contribution is 6.29. The van der Waals surface area contributed by atoms with Crippen molar-refractivity contribution in [1.29, 1.82) is 0 Å². The lowest BCUT2D eigenvalue weighted by Gasteiger charge is -2.53. The molecule has 0 bridgehead atoms. The fourth-order valence-electron chi connectivity index (χ4n) is 4.02. The maximum atomic E-state index is 15.2. The molecule has 3 nitrogen and oxygen atoms in total. The minimum absolute atomic E-state index is 0.128. The first-order chi connectivity index (χ1) is 11.1. The van der Waals surface area contributed by atoms with Crippen molar-refractivity contribution in [2.24, 2.45) is 5.41 Å². The van der Waals surface area contributed by atoms with Crippen LogP contribution in [0.2, 0.25) is 5.15 Å². The van der Waals surface area contributed by atoms with Crippen LogP contribution in [0.25, 0.3) is 0 Å². The highest BCUT2D eigenvalue weighted by atomic mass is 35.5. The van der Waals surface area contributed by atoms with Gasteiger partial charge in [0.2, 0.25) is 5.82 Å². The van der Waals surface area contributed by atoms with Crippen LogP contribution in [0.15, 0.2) is 6.07 Å². The van der Waals surface area contributed by atoms with Gasteiger partial charge in [0.1, 0.15) is 16.6 Å². The van der Waals surface area contributed by atoms with E-state index in [1.807, 2.05) is 0 Å². The van der Waals surface area contributed by atoms with E-state index >= 15 is 4.39 Å². The van der Waals surface area contributed by atoms with Crippen LogP contribution >= 0.6 is 11.6 Å². The van der Waals surface area contributed by atoms with Gasteiger partial charge < -0.3 is 4.90 Å². The molecule has 1 aliphatic heterocycles. The zero-order valence-corrected chi connectivity index (χ0v) is 14.2. The van der Waals surface area contributed by atoms with Crippen molar-refractivity contribution < 1.29 is 17.6 Å². The molecule has 1 spiro atoms. The van der Waals surface area contributed by atoms with Crippen molar-refractivity contribution in [1.82, 2.24) is 9.97 Å². The molecule has 1 aromatic heterocycles. The van der Waals surface area contributed by atoms with Crippen molar-refractivity contribution in [3.8, 4) is 0 Å². The molecule has 0 amide bonds. The predicted octanol–water partition coefficient (Wildman–Crippen LogP) is 5.04. The largest absolute Gasteiger partial charge is 0.451 e. The topological polar surface area (TPSA) is 29.0 Å². The van der Waals surface area contributed by atoms with Gasteiger partial charge in [-0.05, 0) is 26.2 Å². The number of rotatable bonds is 1. The molecular weight excluding hydrogens is 346 g/mol. The molecule has 1 aliphatic carbocycles. The first-order valence-electron chi connectivity index (χ1n) is 8.19. The third-order valence-electron chi connectivity index (χ3n) is 5.52. The highest BCUT2D eigenvalue weighted by Crippen LogP contribution is 2.51. The van der Waals surface area contributed by atoms with E-state index in [1.54, 1.807) is 11.8 Å². The Bertz CT molecular complexity index is 612. The molecule has 2 fully saturated rings. The fourth-order valence-corrected chi connectivity index (χ4v) is 4.19. The van der Waals surface area contributed by atoms with Gasteiger partial charge in [-0.25, -0.2) is 14.4 Å². The molecule has 0 aromatic carbocycles. The molecule has 1 saturated heterocycles. The van der Waals surface area contributed by atoms with Gasteiger partial charge >= 0.3 is 6.18 Å². The van der Waals surface area contributed by atoms with Gasteiger partial charge in [-0.1, -0.05) is 30.9 Å². The lowest BCUT2D eigenvalue weighted by atomic mass is 9.62. The lowest BCUT2D eigenvalue weighted by molar-refractivity contribution is -0.144. The second kappa shape index (κ2) is 6.00. The van der Waals surface area contributed by atoms with Crippen LogP contribution in [0.1, 0.15) is 51.3 Å². The summed E-state index contributed by atoms with van der Waals surface area (Å²) in [6.07, 6.45) is 0.0954. The molecular formula is C16H20ClF4N3. The smallest absolute Gasteiger partial charge is 0.356 e. The molecule has 1 atom stereocenters. The Hall–Kier alpha value is -1.11. The SMILES string of the molecule is CC1(F)CCN(c2cc(Cl)nc(C(F)(F)F)n2)CC12CCCCC2.